The van der Waals surface area contributed by atoms with E-state index in [0.717, 1.165) is 11.3 Å². The molecule has 26 heavy (non-hydrogen) atoms. The van der Waals surface area contributed by atoms with Gasteiger partial charge in [0.25, 0.3) is 0 Å². The van der Waals surface area contributed by atoms with Gasteiger partial charge in [-0.25, -0.2) is 9.07 Å². The Morgan fingerprint density at radius 3 is 2.50 bits per heavy atom. The maximum atomic E-state index is 14.1. The van der Waals surface area contributed by atoms with Crippen molar-refractivity contribution in [3.05, 3.63) is 83.9 Å². The van der Waals surface area contributed by atoms with Gasteiger partial charge < -0.3 is 5.32 Å². The lowest BCUT2D eigenvalue weighted by Gasteiger charge is -2.24. The second-order valence-electron chi connectivity index (χ2n) is 6.22. The van der Waals surface area contributed by atoms with Crippen molar-refractivity contribution in [2.45, 2.75) is 12.6 Å². The van der Waals surface area contributed by atoms with Gasteiger partial charge in [0.15, 0.2) is 0 Å². The van der Waals surface area contributed by atoms with Crippen molar-refractivity contribution < 1.29 is 9.18 Å². The molecular weight excluding hydrogens is 331 g/mol. The highest BCUT2D eigenvalue weighted by atomic mass is 19.1. The summed E-state index contributed by atoms with van der Waals surface area (Å²) in [4.78, 5) is 14.3. The number of rotatable bonds is 6. The number of amides is 1. The normalized spacial score (nSPS) is 12.2. The van der Waals surface area contributed by atoms with E-state index in [1.54, 1.807) is 48.1 Å². The molecule has 6 heteroatoms. The van der Waals surface area contributed by atoms with E-state index >= 15 is 0 Å². The summed E-state index contributed by atoms with van der Waals surface area (Å²) in [5.74, 6) is -0.624. The maximum Gasteiger partial charge on any atom is 0.242 e. The predicted molar refractivity (Wildman–Crippen MR) is 98.2 cm³/mol. The molecule has 5 nitrogen and oxygen atoms in total. The zero-order valence-corrected chi connectivity index (χ0v) is 14.8. The van der Waals surface area contributed by atoms with Crippen molar-refractivity contribution in [2.24, 2.45) is 0 Å². The van der Waals surface area contributed by atoms with Gasteiger partial charge in [0.2, 0.25) is 5.91 Å². The molecule has 3 rings (SSSR count). The highest BCUT2D eigenvalue weighted by Crippen LogP contribution is 2.21. The van der Waals surface area contributed by atoms with Crippen LogP contribution < -0.4 is 5.32 Å². The molecule has 0 aliphatic carbocycles. The van der Waals surface area contributed by atoms with Crippen LogP contribution in [-0.4, -0.2) is 34.7 Å². The van der Waals surface area contributed by atoms with Crippen LogP contribution in [0.1, 0.15) is 17.2 Å². The molecule has 0 aliphatic heterocycles. The van der Waals surface area contributed by atoms with Gasteiger partial charge in [-0.05, 0) is 43.9 Å². The van der Waals surface area contributed by atoms with Gasteiger partial charge in [0, 0.05) is 24.5 Å². The van der Waals surface area contributed by atoms with E-state index in [2.05, 4.69) is 10.4 Å². The second kappa shape index (κ2) is 7.93. The van der Waals surface area contributed by atoms with Gasteiger partial charge in [-0.1, -0.05) is 30.3 Å². The smallest absolute Gasteiger partial charge is 0.242 e. The van der Waals surface area contributed by atoms with Crippen LogP contribution in [0.15, 0.2) is 67.0 Å². The summed E-state index contributed by atoms with van der Waals surface area (Å²) in [5.41, 5.74) is 2.27. The Labute approximate surface area is 152 Å². The fourth-order valence-electron chi connectivity index (χ4n) is 2.82. The monoisotopic (exact) mass is 352 g/mol. The van der Waals surface area contributed by atoms with E-state index in [4.69, 9.17) is 0 Å². The van der Waals surface area contributed by atoms with Crippen LogP contribution in [0.25, 0.3) is 5.69 Å². The molecule has 1 N–H and O–H groups in total. The number of benzene rings is 2. The SMILES string of the molecule is CN(C)[C@H](C(=O)NCc1ccc(-n2cccn2)cc1)c1ccccc1F. The summed E-state index contributed by atoms with van der Waals surface area (Å²) in [7, 11) is 3.52. The highest BCUT2D eigenvalue weighted by Gasteiger charge is 2.25. The topological polar surface area (TPSA) is 50.2 Å². The molecule has 0 saturated heterocycles. The average molecular weight is 352 g/mol. The molecule has 0 spiro atoms. The number of halogens is 1. The third-order valence-corrected chi connectivity index (χ3v) is 4.14. The molecule has 0 bridgehead atoms. The first-order valence-corrected chi connectivity index (χ1v) is 8.34. The van der Waals surface area contributed by atoms with E-state index in [-0.39, 0.29) is 11.7 Å². The number of carbonyl (C=O) groups excluding carboxylic acids is 1. The molecule has 134 valence electrons. The number of likely N-dealkylation sites (N-methyl/N-ethyl adjacent to an activating group) is 1. The fourth-order valence-corrected chi connectivity index (χ4v) is 2.82. The van der Waals surface area contributed by atoms with Gasteiger partial charge >= 0.3 is 0 Å². The average Bonchev–Trinajstić information content (AvgIpc) is 3.17. The van der Waals surface area contributed by atoms with Crippen molar-refractivity contribution >= 4 is 5.91 Å². The third kappa shape index (κ3) is 3.97. The van der Waals surface area contributed by atoms with E-state index < -0.39 is 6.04 Å². The molecule has 2 aromatic carbocycles. The van der Waals surface area contributed by atoms with Crippen LogP contribution in [0.2, 0.25) is 0 Å². The third-order valence-electron chi connectivity index (χ3n) is 4.14. The van der Waals surface area contributed by atoms with Crippen LogP contribution in [0, 0.1) is 5.82 Å². The molecule has 1 amide bonds. The van der Waals surface area contributed by atoms with Gasteiger partial charge in [0.05, 0.1) is 5.69 Å². The van der Waals surface area contributed by atoms with Gasteiger partial charge in [0.1, 0.15) is 11.9 Å². The Kier molecular flexibility index (Phi) is 5.43. The van der Waals surface area contributed by atoms with Crippen molar-refractivity contribution in [1.29, 1.82) is 0 Å². The Balaban J connectivity index is 1.68. The van der Waals surface area contributed by atoms with E-state index in [9.17, 15) is 9.18 Å². The van der Waals surface area contributed by atoms with Crippen LogP contribution in [0.4, 0.5) is 4.39 Å². The van der Waals surface area contributed by atoms with Crippen molar-refractivity contribution in [3.63, 3.8) is 0 Å². The molecule has 1 atom stereocenters. The number of nitrogens with one attached hydrogen (secondary N) is 1. The van der Waals surface area contributed by atoms with Crippen molar-refractivity contribution in [2.75, 3.05) is 14.1 Å². The predicted octanol–water partition coefficient (Wildman–Crippen LogP) is 2.93. The second-order valence-corrected chi connectivity index (χ2v) is 6.22. The van der Waals surface area contributed by atoms with Gasteiger partial charge in [-0.15, -0.1) is 0 Å². The maximum absolute atomic E-state index is 14.1. The fraction of sp³-hybridized carbons (Fsp3) is 0.200. The van der Waals surface area contributed by atoms with Crippen LogP contribution in [-0.2, 0) is 11.3 Å². The summed E-state index contributed by atoms with van der Waals surface area (Å²) < 4.78 is 15.9. The van der Waals surface area contributed by atoms with Gasteiger partial charge in [-0.2, -0.15) is 5.10 Å². The zero-order chi connectivity index (χ0) is 18.5. The number of nitrogens with zero attached hydrogens (tertiary/aromatic N) is 3. The summed E-state index contributed by atoms with van der Waals surface area (Å²) in [5, 5.41) is 7.07. The molecule has 0 aliphatic rings. The number of aromatic nitrogens is 2. The Morgan fingerprint density at radius 2 is 1.88 bits per heavy atom. The first kappa shape index (κ1) is 17.8. The molecule has 1 heterocycles. The van der Waals surface area contributed by atoms with Crippen LogP contribution >= 0.6 is 0 Å². The van der Waals surface area contributed by atoms with E-state index in [0.29, 0.717) is 12.1 Å². The lowest BCUT2D eigenvalue weighted by Crippen LogP contribution is -2.37. The lowest BCUT2D eigenvalue weighted by molar-refractivity contribution is -0.126. The van der Waals surface area contributed by atoms with Crippen LogP contribution in [0.5, 0.6) is 0 Å². The van der Waals surface area contributed by atoms with Crippen LogP contribution in [0.3, 0.4) is 0 Å². The van der Waals surface area contributed by atoms with E-state index in [1.165, 1.54) is 6.07 Å². The molecule has 0 saturated carbocycles. The minimum absolute atomic E-state index is 0.240. The quantitative estimate of drug-likeness (QED) is 0.742. The van der Waals surface area contributed by atoms with E-state index in [1.807, 2.05) is 36.5 Å². The highest BCUT2D eigenvalue weighted by molar-refractivity contribution is 5.83. The number of hydrogen-bond donors (Lipinski definition) is 1. The summed E-state index contributed by atoms with van der Waals surface area (Å²) in [6, 6.07) is 15.3. The largest absolute Gasteiger partial charge is 0.350 e. The Morgan fingerprint density at radius 1 is 1.15 bits per heavy atom. The zero-order valence-electron chi connectivity index (χ0n) is 14.8. The minimum Gasteiger partial charge on any atom is -0.350 e. The molecule has 0 unspecified atom stereocenters. The number of hydrogen-bond acceptors (Lipinski definition) is 3. The summed E-state index contributed by atoms with van der Waals surface area (Å²) in [6.07, 6.45) is 3.59. The molecule has 1 aromatic heterocycles. The number of carbonyl (C=O) groups is 1. The molecule has 3 aromatic rings. The molecule has 0 radical (unpaired) electrons. The Hall–Kier alpha value is -2.99. The van der Waals surface area contributed by atoms with Crippen molar-refractivity contribution in [1.82, 2.24) is 20.0 Å². The first-order valence-electron chi connectivity index (χ1n) is 8.34. The minimum atomic E-state index is -0.681. The molecule has 0 fully saturated rings. The van der Waals surface area contributed by atoms with Gasteiger partial charge in [-0.3, -0.25) is 9.69 Å². The first-order chi connectivity index (χ1) is 12.6. The lowest BCUT2D eigenvalue weighted by atomic mass is 10.0. The summed E-state index contributed by atoms with van der Waals surface area (Å²) in [6.45, 7) is 0.372. The Bertz CT molecular complexity index is 860. The molecular formula is C20H21FN4O. The standard InChI is InChI=1S/C20H21FN4O/c1-24(2)19(17-6-3-4-7-18(17)21)20(26)22-14-15-8-10-16(11-9-15)25-13-5-12-23-25/h3-13,19H,14H2,1-2H3,(H,22,26)/t19-/m0/s1. The summed E-state index contributed by atoms with van der Waals surface area (Å²) >= 11 is 0. The van der Waals surface area contributed by atoms with Crippen molar-refractivity contribution in [3.8, 4) is 5.69 Å².